The third-order valence-electron chi connectivity index (χ3n) is 3.03. The Hall–Kier alpha value is -2.58. The van der Waals surface area contributed by atoms with Gasteiger partial charge in [-0.05, 0) is 23.6 Å². The molecule has 8 heteroatoms. The molecule has 2 heterocycles. The number of thiazole rings is 1. The van der Waals surface area contributed by atoms with E-state index in [4.69, 9.17) is 0 Å². The minimum atomic E-state index is -0.375. The van der Waals surface area contributed by atoms with Crippen LogP contribution in [0.2, 0.25) is 0 Å². The maximum Gasteiger partial charge on any atom is 0.261 e. The van der Waals surface area contributed by atoms with E-state index in [1.165, 1.54) is 34.8 Å². The second-order valence-corrected chi connectivity index (χ2v) is 6.56. The van der Waals surface area contributed by atoms with Crippen molar-refractivity contribution in [1.29, 1.82) is 0 Å². The summed E-state index contributed by atoms with van der Waals surface area (Å²) in [6.07, 6.45) is 0. The van der Waals surface area contributed by atoms with E-state index in [0.717, 1.165) is 0 Å². The molecule has 3 aromatic rings. The highest BCUT2D eigenvalue weighted by molar-refractivity contribution is 7.14. The molecule has 0 fully saturated rings. The fourth-order valence-electron chi connectivity index (χ4n) is 1.93. The van der Waals surface area contributed by atoms with E-state index in [0.29, 0.717) is 21.3 Å². The molecule has 3 rings (SSSR count). The molecule has 0 bridgehead atoms. The van der Waals surface area contributed by atoms with Gasteiger partial charge in [-0.2, -0.15) is 0 Å². The first-order chi connectivity index (χ1) is 11.6. The standard InChI is InChI=1S/C16H12FN3O2S2/c17-11-4-1-3-10(7-11)12-9-24-16(19-12)20-14(21)8-18-15(22)13-5-2-6-23-13/h1-7,9H,8H2,(H,18,22)(H,19,20,21). The van der Waals surface area contributed by atoms with E-state index < -0.39 is 0 Å². The van der Waals surface area contributed by atoms with Crippen LogP contribution in [0.5, 0.6) is 0 Å². The van der Waals surface area contributed by atoms with Gasteiger partial charge in [0.25, 0.3) is 5.91 Å². The highest BCUT2D eigenvalue weighted by Gasteiger charge is 2.11. The van der Waals surface area contributed by atoms with Gasteiger partial charge in [0, 0.05) is 10.9 Å². The van der Waals surface area contributed by atoms with Crippen LogP contribution < -0.4 is 10.6 Å². The second kappa shape index (κ2) is 7.33. The number of amides is 2. The summed E-state index contributed by atoms with van der Waals surface area (Å²) in [5.74, 6) is -1.01. The van der Waals surface area contributed by atoms with Gasteiger partial charge in [0.15, 0.2) is 5.13 Å². The number of aromatic nitrogens is 1. The molecular weight excluding hydrogens is 349 g/mol. The smallest absolute Gasteiger partial charge is 0.261 e. The normalized spacial score (nSPS) is 10.4. The quantitative estimate of drug-likeness (QED) is 0.732. The number of rotatable bonds is 5. The van der Waals surface area contributed by atoms with Gasteiger partial charge in [0.05, 0.1) is 17.1 Å². The van der Waals surface area contributed by atoms with E-state index in [9.17, 15) is 14.0 Å². The van der Waals surface area contributed by atoms with Gasteiger partial charge in [-0.1, -0.05) is 18.2 Å². The SMILES string of the molecule is O=C(CNC(=O)c1cccs1)Nc1nc(-c2cccc(F)c2)cs1. The summed E-state index contributed by atoms with van der Waals surface area (Å²) in [5, 5.41) is 9.06. The fraction of sp³-hybridized carbons (Fsp3) is 0.0625. The van der Waals surface area contributed by atoms with Crippen LogP contribution in [-0.4, -0.2) is 23.3 Å². The van der Waals surface area contributed by atoms with Crippen molar-refractivity contribution in [3.63, 3.8) is 0 Å². The highest BCUT2D eigenvalue weighted by Crippen LogP contribution is 2.25. The molecular formula is C16H12FN3O2S2. The first-order valence-electron chi connectivity index (χ1n) is 6.95. The average molecular weight is 361 g/mol. The van der Waals surface area contributed by atoms with E-state index in [1.807, 2.05) is 0 Å². The van der Waals surface area contributed by atoms with Gasteiger partial charge in [-0.15, -0.1) is 22.7 Å². The van der Waals surface area contributed by atoms with Crippen molar-refractivity contribution in [3.05, 3.63) is 57.9 Å². The molecule has 122 valence electrons. The second-order valence-electron chi connectivity index (χ2n) is 4.76. The minimum Gasteiger partial charge on any atom is -0.342 e. The molecule has 5 nitrogen and oxygen atoms in total. The molecule has 0 spiro atoms. The Morgan fingerprint density at radius 1 is 1.17 bits per heavy atom. The zero-order valence-electron chi connectivity index (χ0n) is 12.3. The lowest BCUT2D eigenvalue weighted by Crippen LogP contribution is -2.32. The summed E-state index contributed by atoms with van der Waals surface area (Å²) >= 11 is 2.54. The molecule has 2 amide bonds. The van der Waals surface area contributed by atoms with Gasteiger partial charge in [-0.25, -0.2) is 9.37 Å². The van der Waals surface area contributed by atoms with Crippen molar-refractivity contribution in [2.75, 3.05) is 11.9 Å². The van der Waals surface area contributed by atoms with E-state index in [2.05, 4.69) is 15.6 Å². The minimum absolute atomic E-state index is 0.147. The number of hydrogen-bond donors (Lipinski definition) is 2. The Labute approximate surface area is 145 Å². The number of halogens is 1. The number of benzene rings is 1. The molecule has 1 aromatic carbocycles. The Balaban J connectivity index is 1.56. The van der Waals surface area contributed by atoms with E-state index >= 15 is 0 Å². The highest BCUT2D eigenvalue weighted by atomic mass is 32.1. The predicted octanol–water partition coefficient (Wildman–Crippen LogP) is 3.38. The molecule has 0 saturated heterocycles. The lowest BCUT2D eigenvalue weighted by molar-refractivity contribution is -0.115. The summed E-state index contributed by atoms with van der Waals surface area (Å²) < 4.78 is 13.2. The Bertz CT molecular complexity index is 862. The molecule has 0 aliphatic carbocycles. The van der Waals surface area contributed by atoms with Gasteiger partial charge >= 0.3 is 0 Å². The van der Waals surface area contributed by atoms with Crippen molar-refractivity contribution < 1.29 is 14.0 Å². The summed E-state index contributed by atoms with van der Waals surface area (Å²) in [4.78, 5) is 28.4. The number of carbonyl (C=O) groups is 2. The fourth-order valence-corrected chi connectivity index (χ4v) is 3.31. The lowest BCUT2D eigenvalue weighted by Gasteiger charge is -2.03. The summed E-state index contributed by atoms with van der Waals surface area (Å²) in [6.45, 7) is -0.147. The number of nitrogens with one attached hydrogen (secondary N) is 2. The Kier molecular flexibility index (Phi) is 4.97. The number of anilines is 1. The summed E-state index contributed by atoms with van der Waals surface area (Å²) in [6, 6.07) is 9.53. The monoisotopic (exact) mass is 361 g/mol. The van der Waals surface area contributed by atoms with Crippen LogP contribution in [0, 0.1) is 5.82 Å². The predicted molar refractivity (Wildman–Crippen MR) is 92.8 cm³/mol. The molecule has 2 aromatic heterocycles. The van der Waals surface area contributed by atoms with Crippen molar-refractivity contribution in [3.8, 4) is 11.3 Å². The van der Waals surface area contributed by atoms with Crippen LogP contribution >= 0.6 is 22.7 Å². The van der Waals surface area contributed by atoms with Crippen molar-refractivity contribution in [2.45, 2.75) is 0 Å². The van der Waals surface area contributed by atoms with Crippen LogP contribution in [-0.2, 0) is 4.79 Å². The molecule has 24 heavy (non-hydrogen) atoms. The largest absolute Gasteiger partial charge is 0.342 e. The number of nitrogens with zero attached hydrogens (tertiary/aromatic N) is 1. The van der Waals surface area contributed by atoms with E-state index in [1.54, 1.807) is 35.0 Å². The number of thiophene rings is 1. The van der Waals surface area contributed by atoms with Gasteiger partial charge in [0.2, 0.25) is 5.91 Å². The van der Waals surface area contributed by atoms with Crippen LogP contribution in [0.3, 0.4) is 0 Å². The van der Waals surface area contributed by atoms with Gasteiger partial charge < -0.3 is 10.6 Å². The summed E-state index contributed by atoms with van der Waals surface area (Å²) in [7, 11) is 0. The van der Waals surface area contributed by atoms with Crippen molar-refractivity contribution >= 4 is 39.6 Å². The number of hydrogen-bond acceptors (Lipinski definition) is 5. The third-order valence-corrected chi connectivity index (χ3v) is 4.65. The van der Waals surface area contributed by atoms with Gasteiger partial charge in [0.1, 0.15) is 5.82 Å². The molecule has 0 saturated carbocycles. The van der Waals surface area contributed by atoms with Crippen LogP contribution in [0.4, 0.5) is 9.52 Å². The molecule has 0 radical (unpaired) electrons. The van der Waals surface area contributed by atoms with Crippen molar-refractivity contribution in [1.82, 2.24) is 10.3 Å². The Morgan fingerprint density at radius 3 is 2.79 bits per heavy atom. The first kappa shape index (κ1) is 16.3. The van der Waals surface area contributed by atoms with Gasteiger partial charge in [-0.3, -0.25) is 9.59 Å². The van der Waals surface area contributed by atoms with E-state index in [-0.39, 0.29) is 24.2 Å². The zero-order valence-corrected chi connectivity index (χ0v) is 13.9. The third kappa shape index (κ3) is 4.03. The topological polar surface area (TPSA) is 71.1 Å². The number of carbonyl (C=O) groups excluding carboxylic acids is 2. The Morgan fingerprint density at radius 2 is 2.04 bits per heavy atom. The lowest BCUT2D eigenvalue weighted by atomic mass is 10.2. The maximum absolute atomic E-state index is 13.2. The molecule has 0 aliphatic heterocycles. The molecule has 0 unspecified atom stereocenters. The summed E-state index contributed by atoms with van der Waals surface area (Å²) in [5.41, 5.74) is 1.22. The first-order valence-corrected chi connectivity index (χ1v) is 8.71. The molecule has 2 N–H and O–H groups in total. The zero-order chi connectivity index (χ0) is 16.9. The molecule has 0 aliphatic rings. The van der Waals surface area contributed by atoms with Crippen LogP contribution in [0.1, 0.15) is 9.67 Å². The average Bonchev–Trinajstić information content (AvgIpc) is 3.24. The molecule has 0 atom stereocenters. The van der Waals surface area contributed by atoms with Crippen LogP contribution in [0.15, 0.2) is 47.2 Å². The van der Waals surface area contributed by atoms with Crippen LogP contribution in [0.25, 0.3) is 11.3 Å². The maximum atomic E-state index is 13.2. The van der Waals surface area contributed by atoms with Crippen molar-refractivity contribution in [2.24, 2.45) is 0 Å².